The highest BCUT2D eigenvalue weighted by molar-refractivity contribution is 6.13. The molecule has 5 heteroatoms. The maximum absolute atomic E-state index is 7.00. The minimum absolute atomic E-state index is 0. The molecule has 2 rings (SSSR count). The molecule has 0 aliphatic carbocycles. The molecule has 1 radical (unpaired) electrons. The van der Waals surface area contributed by atoms with Gasteiger partial charge in [0.15, 0.2) is 0 Å². The Hall–Kier alpha value is -1.46. The fraction of sp³-hybridized carbons (Fsp3) is 0. The number of hydrogen-bond donors (Lipinski definition) is 2. The molecule has 0 atom stereocenters. The van der Waals surface area contributed by atoms with Crippen molar-refractivity contribution in [1.29, 1.82) is 0 Å². The van der Waals surface area contributed by atoms with E-state index in [9.17, 15) is 0 Å². The Labute approximate surface area is 76.2 Å². The molecule has 13 heavy (non-hydrogen) atoms. The van der Waals surface area contributed by atoms with Crippen LogP contribution in [0.1, 0.15) is 0 Å². The zero-order valence-corrected chi connectivity index (χ0v) is 6.83. The van der Waals surface area contributed by atoms with E-state index >= 15 is 0 Å². The molecule has 2 aromatic rings. The molecule has 0 saturated heterocycles. The van der Waals surface area contributed by atoms with Gasteiger partial charge >= 0.3 is 7.69 Å². The lowest BCUT2D eigenvalue weighted by Gasteiger charge is -1.90. The van der Waals surface area contributed by atoms with Crippen LogP contribution >= 0.6 is 0 Å². The Morgan fingerprint density at radius 2 is 1.31 bits per heavy atom. The second-order valence-electron chi connectivity index (χ2n) is 2.23. The Kier molecular flexibility index (Phi) is 3.88. The van der Waals surface area contributed by atoms with Gasteiger partial charge in [-0.2, -0.15) is 10.2 Å². The van der Waals surface area contributed by atoms with Crippen LogP contribution in [-0.2, 0) is 0 Å². The van der Waals surface area contributed by atoms with Crippen molar-refractivity contribution in [3.8, 4) is 0 Å². The first-order chi connectivity index (χ1) is 6.38. The minimum Gasteiger partial charge on any atom is -0.429 e. The highest BCUT2D eigenvalue weighted by atomic mass is 16.4. The molecule has 4 nitrogen and oxygen atoms in total. The fourth-order valence-electron chi connectivity index (χ4n) is 0.937. The van der Waals surface area contributed by atoms with Crippen molar-refractivity contribution >= 4 is 18.5 Å². The topological polar surface area (TPSA) is 66.2 Å². The van der Waals surface area contributed by atoms with Gasteiger partial charge in [0.1, 0.15) is 0 Å². The van der Waals surface area contributed by atoms with Crippen LogP contribution in [0.3, 0.4) is 0 Å². The summed E-state index contributed by atoms with van der Waals surface area (Å²) in [6.45, 7) is 0. The summed E-state index contributed by atoms with van der Waals surface area (Å²) in [6.07, 6.45) is 3.52. The molecule has 0 aliphatic heterocycles. The molecule has 1 aromatic heterocycles. The molecule has 0 unspecified atom stereocenters. The summed E-state index contributed by atoms with van der Waals surface area (Å²) >= 11 is 0. The number of rotatable bonds is 0. The molecule has 0 aliphatic rings. The van der Waals surface area contributed by atoms with Gasteiger partial charge in [-0.25, -0.2) is 0 Å². The molecule has 1 aromatic carbocycles. The van der Waals surface area contributed by atoms with Crippen LogP contribution in [0.15, 0.2) is 36.7 Å². The Balaban J connectivity index is 0.000000251. The Bertz CT molecular complexity index is 304. The number of aromatic nitrogens is 2. The molecular formula is C8H8BN2O2. The number of nitrogens with zero attached hydrogens (tertiary/aromatic N) is 2. The summed E-state index contributed by atoms with van der Waals surface area (Å²) in [5.41, 5.74) is 0. The van der Waals surface area contributed by atoms with Gasteiger partial charge in [0.2, 0.25) is 0 Å². The zero-order valence-electron chi connectivity index (χ0n) is 6.83. The van der Waals surface area contributed by atoms with E-state index < -0.39 is 0 Å². The van der Waals surface area contributed by atoms with E-state index in [-0.39, 0.29) is 7.69 Å². The van der Waals surface area contributed by atoms with E-state index in [0.717, 1.165) is 10.8 Å². The van der Waals surface area contributed by atoms with Gasteiger partial charge in [-0.3, -0.25) is 0 Å². The first-order valence-corrected chi connectivity index (χ1v) is 3.64. The Morgan fingerprint density at radius 3 is 1.69 bits per heavy atom. The summed E-state index contributed by atoms with van der Waals surface area (Å²) in [5.74, 6) is 0. The Morgan fingerprint density at radius 1 is 0.923 bits per heavy atom. The lowest BCUT2D eigenvalue weighted by molar-refractivity contribution is 0.448. The summed E-state index contributed by atoms with van der Waals surface area (Å²) in [7, 11) is 0. The van der Waals surface area contributed by atoms with Crippen molar-refractivity contribution in [2.24, 2.45) is 0 Å². The van der Waals surface area contributed by atoms with Crippen molar-refractivity contribution in [3.63, 3.8) is 0 Å². The van der Waals surface area contributed by atoms with Crippen molar-refractivity contribution in [2.75, 3.05) is 0 Å². The van der Waals surface area contributed by atoms with Crippen molar-refractivity contribution < 1.29 is 10.0 Å². The summed E-state index contributed by atoms with van der Waals surface area (Å²) in [4.78, 5) is 0. The molecule has 0 amide bonds. The largest absolute Gasteiger partial charge is 0.482 e. The van der Waals surface area contributed by atoms with Crippen LogP contribution < -0.4 is 0 Å². The van der Waals surface area contributed by atoms with E-state index in [1.54, 1.807) is 12.4 Å². The third-order valence-electron chi connectivity index (χ3n) is 1.46. The lowest BCUT2D eigenvalue weighted by atomic mass is 10.2. The minimum atomic E-state index is 0. The molecular weight excluding hydrogens is 167 g/mol. The van der Waals surface area contributed by atoms with Gasteiger partial charge in [-0.15, -0.1) is 0 Å². The molecule has 65 valence electrons. The van der Waals surface area contributed by atoms with E-state index in [0.29, 0.717) is 0 Å². The zero-order chi connectivity index (χ0) is 9.52. The molecule has 0 spiro atoms. The van der Waals surface area contributed by atoms with Gasteiger partial charge < -0.3 is 10.0 Å². The quantitative estimate of drug-likeness (QED) is 0.558. The standard InChI is InChI=1S/C8H6N2.BH2O2/c1-2-4-8-6-10-9-5-7(8)3-1;2-1-3/h1-6H;2-3H. The van der Waals surface area contributed by atoms with E-state index in [2.05, 4.69) is 10.2 Å². The highest BCUT2D eigenvalue weighted by Gasteiger charge is 1.87. The average Bonchev–Trinajstić information content (AvgIpc) is 2.19. The van der Waals surface area contributed by atoms with E-state index in [4.69, 9.17) is 10.0 Å². The van der Waals surface area contributed by atoms with Crippen molar-refractivity contribution in [2.45, 2.75) is 0 Å². The van der Waals surface area contributed by atoms with Crippen LogP contribution in [-0.4, -0.2) is 27.9 Å². The molecule has 1 heterocycles. The number of benzene rings is 1. The summed E-state index contributed by atoms with van der Waals surface area (Å²) in [5, 5.41) is 23.8. The SMILES string of the molecule is O[B]O.c1ccc2cnncc2c1. The number of fused-ring (bicyclic) bond motifs is 1. The van der Waals surface area contributed by atoms with Gasteiger partial charge in [0.05, 0.1) is 12.4 Å². The van der Waals surface area contributed by atoms with Gasteiger partial charge in [0.25, 0.3) is 0 Å². The van der Waals surface area contributed by atoms with E-state index in [1.807, 2.05) is 24.3 Å². The van der Waals surface area contributed by atoms with Crippen LogP contribution in [0.5, 0.6) is 0 Å². The molecule has 0 bridgehead atoms. The monoisotopic (exact) mass is 175 g/mol. The number of hydrogen-bond acceptors (Lipinski definition) is 4. The highest BCUT2D eigenvalue weighted by Crippen LogP contribution is 2.08. The summed E-state index contributed by atoms with van der Waals surface area (Å²) < 4.78 is 0. The molecule has 0 saturated carbocycles. The third kappa shape index (κ3) is 2.81. The van der Waals surface area contributed by atoms with Gasteiger partial charge in [-0.1, -0.05) is 24.3 Å². The summed E-state index contributed by atoms with van der Waals surface area (Å²) in [6, 6.07) is 8.02. The first-order valence-electron chi connectivity index (χ1n) is 3.64. The predicted molar refractivity (Wildman–Crippen MR) is 49.7 cm³/mol. The van der Waals surface area contributed by atoms with Crippen LogP contribution in [0.2, 0.25) is 0 Å². The van der Waals surface area contributed by atoms with Crippen molar-refractivity contribution in [3.05, 3.63) is 36.7 Å². The predicted octanol–water partition coefficient (Wildman–Crippen LogP) is 0.135. The van der Waals surface area contributed by atoms with Gasteiger partial charge in [-0.05, 0) is 0 Å². The molecule has 0 fully saturated rings. The maximum Gasteiger partial charge on any atom is 0.482 e. The van der Waals surface area contributed by atoms with Gasteiger partial charge in [0, 0.05) is 10.8 Å². The molecule has 2 N–H and O–H groups in total. The average molecular weight is 175 g/mol. The smallest absolute Gasteiger partial charge is 0.429 e. The van der Waals surface area contributed by atoms with Crippen LogP contribution in [0.25, 0.3) is 10.8 Å². The normalized spacial score (nSPS) is 8.77. The van der Waals surface area contributed by atoms with Crippen LogP contribution in [0.4, 0.5) is 0 Å². The van der Waals surface area contributed by atoms with Crippen LogP contribution in [0, 0.1) is 0 Å². The fourth-order valence-corrected chi connectivity index (χ4v) is 0.937. The third-order valence-corrected chi connectivity index (χ3v) is 1.46. The second-order valence-corrected chi connectivity index (χ2v) is 2.23. The van der Waals surface area contributed by atoms with Crippen molar-refractivity contribution in [1.82, 2.24) is 10.2 Å². The second kappa shape index (κ2) is 5.24. The lowest BCUT2D eigenvalue weighted by Crippen LogP contribution is -1.77. The maximum atomic E-state index is 7.00. The van der Waals surface area contributed by atoms with E-state index in [1.165, 1.54) is 0 Å². The first kappa shape index (κ1) is 9.63.